The van der Waals surface area contributed by atoms with Crippen LogP contribution in [0, 0.1) is 30.6 Å². The molecule has 13 heteroatoms. The fraction of sp³-hybridized carbons (Fsp3) is 0.812. The number of rotatable bonds is 7. The van der Waals surface area contributed by atoms with Gasteiger partial charge >= 0.3 is 12.3 Å². The second kappa shape index (κ2) is 11.8. The van der Waals surface area contributed by atoms with Gasteiger partial charge in [-0.25, -0.2) is 4.79 Å². The van der Waals surface area contributed by atoms with Crippen LogP contribution < -0.4 is 0 Å². The molecule has 45 heavy (non-hydrogen) atoms. The highest BCUT2D eigenvalue weighted by Crippen LogP contribution is 2.53. The summed E-state index contributed by atoms with van der Waals surface area (Å²) in [4.78, 5) is 46.0. The summed E-state index contributed by atoms with van der Waals surface area (Å²) in [6.45, 7) is 12.5. The van der Waals surface area contributed by atoms with Crippen molar-refractivity contribution >= 4 is 17.9 Å². The van der Waals surface area contributed by atoms with Gasteiger partial charge in [0.15, 0.2) is 0 Å². The molecule has 10 nitrogen and oxygen atoms in total. The van der Waals surface area contributed by atoms with Crippen LogP contribution in [-0.4, -0.2) is 106 Å². The number of fused-ring (bicyclic) bond motifs is 1. The summed E-state index contributed by atoms with van der Waals surface area (Å²) in [7, 11) is 0. The molecule has 4 atom stereocenters. The Bertz CT molecular complexity index is 1290. The van der Waals surface area contributed by atoms with Gasteiger partial charge in [-0.05, 0) is 50.9 Å². The number of aromatic nitrogens is 1. The van der Waals surface area contributed by atoms with E-state index in [1.807, 2.05) is 9.80 Å². The number of hydrogen-bond acceptors (Lipinski definition) is 7. The van der Waals surface area contributed by atoms with Gasteiger partial charge in [0.1, 0.15) is 11.2 Å². The number of nitrogens with zero attached hydrogens (tertiary/aromatic N) is 5. The summed E-state index contributed by atoms with van der Waals surface area (Å²) in [5, 5.41) is 3.41. The average Bonchev–Trinajstić information content (AvgIpc) is 3.28. The van der Waals surface area contributed by atoms with Gasteiger partial charge in [0.25, 0.3) is 11.7 Å². The summed E-state index contributed by atoms with van der Waals surface area (Å²) in [5.74, 6) is -0.218. The molecule has 0 bridgehead atoms. The molecule has 0 radical (unpaired) electrons. The Hall–Kier alpha value is -2.83. The topological polar surface area (TPSA) is 99.4 Å². The minimum atomic E-state index is -4.79. The Morgan fingerprint density at radius 3 is 2.22 bits per heavy atom. The third-order valence-corrected chi connectivity index (χ3v) is 11.7. The second-order valence-corrected chi connectivity index (χ2v) is 14.3. The molecule has 250 valence electrons. The molecule has 0 N–H and O–H groups in total. The van der Waals surface area contributed by atoms with Crippen molar-refractivity contribution in [3.8, 4) is 0 Å². The largest absolute Gasteiger partial charge is 0.453 e. The number of hydrogen-bond donors (Lipinski definition) is 0. The molecule has 5 heterocycles. The molecule has 5 aliphatic rings. The lowest BCUT2D eigenvalue weighted by Gasteiger charge is -2.55. The molecule has 1 aromatic heterocycles. The number of aryl methyl sites for hydroxylation is 1. The third-order valence-electron chi connectivity index (χ3n) is 11.7. The standard InChI is InChI=1S/C32H46F3N5O5/c1-5-6-7-22-16-39(19-25-23-17-38(21(3)41)18-24(23)25)29(43)44-31(22)10-14-40(15-11-31)30(4)8-12-37(13-9-30)28(42)26-20(2)36-45-27(26)32(33,34)35/h22-25H,5-19H2,1-4H3/t22?,23-,24?,25?/m0/s1. The zero-order chi connectivity index (χ0) is 32.3. The number of carbonyl (C=O) groups excluding carboxylic acids is 3. The fourth-order valence-corrected chi connectivity index (χ4v) is 8.63. The predicted molar refractivity (Wildman–Crippen MR) is 157 cm³/mol. The van der Waals surface area contributed by atoms with Crippen molar-refractivity contribution in [2.24, 2.45) is 23.7 Å². The van der Waals surface area contributed by atoms with Crippen molar-refractivity contribution < 1.29 is 36.8 Å². The van der Waals surface area contributed by atoms with E-state index in [0.717, 1.165) is 58.3 Å². The van der Waals surface area contributed by atoms with Crippen molar-refractivity contribution in [2.75, 3.05) is 52.4 Å². The summed E-state index contributed by atoms with van der Waals surface area (Å²) < 4.78 is 51.2. The second-order valence-electron chi connectivity index (χ2n) is 14.3. The number of piperidine rings is 3. The Morgan fingerprint density at radius 1 is 1.00 bits per heavy atom. The van der Waals surface area contributed by atoms with Gasteiger partial charge in [0, 0.05) is 83.6 Å². The molecule has 1 saturated carbocycles. The number of alkyl halides is 3. The number of carbonyl (C=O) groups is 3. The van der Waals surface area contributed by atoms with E-state index in [1.165, 1.54) is 11.8 Å². The van der Waals surface area contributed by atoms with Crippen molar-refractivity contribution in [1.29, 1.82) is 0 Å². The van der Waals surface area contributed by atoms with E-state index in [9.17, 15) is 27.6 Å². The fourth-order valence-electron chi connectivity index (χ4n) is 8.63. The van der Waals surface area contributed by atoms with Crippen molar-refractivity contribution in [3.63, 3.8) is 0 Å². The quantitative estimate of drug-likeness (QED) is 0.423. The molecule has 4 aliphatic heterocycles. The average molecular weight is 638 g/mol. The van der Waals surface area contributed by atoms with Crippen LogP contribution in [0.15, 0.2) is 4.52 Å². The molecule has 1 aliphatic carbocycles. The highest BCUT2D eigenvalue weighted by molar-refractivity contribution is 5.96. The van der Waals surface area contributed by atoms with Crippen LogP contribution in [-0.2, 0) is 15.7 Å². The van der Waals surface area contributed by atoms with Gasteiger partial charge in [-0.15, -0.1) is 0 Å². The van der Waals surface area contributed by atoms with Crippen LogP contribution in [0.3, 0.4) is 0 Å². The normalized spacial score (nSPS) is 29.6. The van der Waals surface area contributed by atoms with E-state index < -0.39 is 29.0 Å². The van der Waals surface area contributed by atoms with E-state index in [1.54, 1.807) is 6.92 Å². The summed E-state index contributed by atoms with van der Waals surface area (Å²) in [6, 6.07) is 0. The molecular formula is C32H46F3N5O5. The summed E-state index contributed by atoms with van der Waals surface area (Å²) >= 11 is 0. The van der Waals surface area contributed by atoms with Gasteiger partial charge in [-0.3, -0.25) is 14.5 Å². The van der Waals surface area contributed by atoms with E-state index >= 15 is 0 Å². The van der Waals surface area contributed by atoms with Gasteiger partial charge < -0.3 is 24.0 Å². The minimum Gasteiger partial charge on any atom is -0.442 e. The van der Waals surface area contributed by atoms with E-state index in [0.29, 0.717) is 56.8 Å². The monoisotopic (exact) mass is 637 g/mol. The highest BCUT2D eigenvalue weighted by atomic mass is 19.4. The van der Waals surface area contributed by atoms with Gasteiger partial charge in [-0.1, -0.05) is 24.9 Å². The lowest BCUT2D eigenvalue weighted by molar-refractivity contribution is -0.156. The Kier molecular flexibility index (Phi) is 8.39. The van der Waals surface area contributed by atoms with Crippen LogP contribution in [0.4, 0.5) is 18.0 Å². The first-order chi connectivity index (χ1) is 21.3. The third kappa shape index (κ3) is 5.93. The summed E-state index contributed by atoms with van der Waals surface area (Å²) in [5.41, 5.74) is -1.26. The number of amides is 3. The number of halogens is 3. The molecule has 1 aromatic rings. The maximum atomic E-state index is 13.4. The molecule has 4 saturated heterocycles. The first-order valence-electron chi connectivity index (χ1n) is 16.6. The van der Waals surface area contributed by atoms with Crippen LogP contribution in [0.25, 0.3) is 0 Å². The van der Waals surface area contributed by atoms with Crippen LogP contribution in [0.2, 0.25) is 0 Å². The van der Waals surface area contributed by atoms with Gasteiger partial charge in [-0.2, -0.15) is 13.2 Å². The Morgan fingerprint density at radius 2 is 1.64 bits per heavy atom. The molecule has 6 rings (SSSR count). The van der Waals surface area contributed by atoms with Gasteiger partial charge in [0.05, 0.1) is 5.69 Å². The number of unbranched alkanes of at least 4 members (excludes halogenated alkanes) is 1. The summed E-state index contributed by atoms with van der Waals surface area (Å²) in [6.07, 6.45) is 0.914. The van der Waals surface area contributed by atoms with Gasteiger partial charge in [0.2, 0.25) is 5.91 Å². The molecule has 5 fully saturated rings. The Balaban J connectivity index is 1.05. The molecule has 0 aromatic carbocycles. The first kappa shape index (κ1) is 32.1. The maximum Gasteiger partial charge on any atom is 0.453 e. The SMILES string of the molecule is CCCCC1CN(CC2C3CN(C(C)=O)C[C@@H]32)C(=O)OC12CCN(C1(C)CCN(C(=O)c3c(C)noc3C(F)(F)F)CC1)CC2. The maximum absolute atomic E-state index is 13.4. The van der Waals surface area contributed by atoms with Crippen LogP contribution in [0.1, 0.15) is 87.5 Å². The van der Waals surface area contributed by atoms with Crippen LogP contribution >= 0.6 is 0 Å². The van der Waals surface area contributed by atoms with Crippen molar-refractivity contribution in [3.05, 3.63) is 17.0 Å². The Labute approximate surface area is 262 Å². The van der Waals surface area contributed by atoms with Crippen molar-refractivity contribution in [2.45, 2.75) is 90.0 Å². The zero-order valence-corrected chi connectivity index (χ0v) is 26.8. The number of likely N-dealkylation sites (tertiary alicyclic amines) is 3. The van der Waals surface area contributed by atoms with E-state index in [2.05, 4.69) is 28.4 Å². The highest BCUT2D eigenvalue weighted by Gasteiger charge is 2.58. The molecule has 3 amide bonds. The minimum absolute atomic E-state index is 0.0557. The van der Waals surface area contributed by atoms with E-state index in [-0.39, 0.29) is 29.2 Å². The lowest BCUT2D eigenvalue weighted by atomic mass is 9.74. The smallest absolute Gasteiger partial charge is 0.442 e. The van der Waals surface area contributed by atoms with Crippen LogP contribution in [0.5, 0.6) is 0 Å². The van der Waals surface area contributed by atoms with E-state index in [4.69, 9.17) is 4.74 Å². The van der Waals surface area contributed by atoms with Crippen molar-refractivity contribution in [1.82, 2.24) is 24.8 Å². The zero-order valence-electron chi connectivity index (χ0n) is 26.8. The molecular weight excluding hydrogens is 591 g/mol. The molecule has 3 unspecified atom stereocenters. The predicted octanol–water partition coefficient (Wildman–Crippen LogP) is 4.81. The first-order valence-corrected chi connectivity index (χ1v) is 16.6. The number of ether oxygens (including phenoxy) is 1. The lowest BCUT2D eigenvalue weighted by Crippen LogP contribution is -2.63. The molecule has 1 spiro atoms.